The monoisotopic (exact) mass is 387 g/mol. The van der Waals surface area contributed by atoms with E-state index in [1.165, 1.54) is 7.11 Å². The summed E-state index contributed by atoms with van der Waals surface area (Å²) in [4.78, 5) is 27.2. The van der Waals surface area contributed by atoms with Crippen LogP contribution < -0.4 is 9.47 Å². The van der Waals surface area contributed by atoms with E-state index in [9.17, 15) is 9.59 Å². The molecule has 0 saturated carbocycles. The normalized spacial score (nSPS) is 20.9. The van der Waals surface area contributed by atoms with E-state index in [0.717, 1.165) is 12.8 Å². The average Bonchev–Trinajstić information content (AvgIpc) is 3.30. The van der Waals surface area contributed by atoms with Crippen LogP contribution in [0.5, 0.6) is 11.5 Å². The van der Waals surface area contributed by atoms with Crippen molar-refractivity contribution in [2.24, 2.45) is 0 Å². The fourth-order valence-electron chi connectivity index (χ4n) is 3.55. The minimum Gasteiger partial charge on any atom is -0.497 e. The summed E-state index contributed by atoms with van der Waals surface area (Å²) in [7, 11) is 4.42. The van der Waals surface area contributed by atoms with Gasteiger partial charge in [0.25, 0.3) is 5.91 Å². The Morgan fingerprint density at radius 3 is 2.68 bits per heavy atom. The first-order valence-electron chi connectivity index (χ1n) is 9.17. The fourth-order valence-corrected chi connectivity index (χ4v) is 3.55. The third-order valence-electron chi connectivity index (χ3n) is 5.05. The first kappa shape index (κ1) is 19.9. The molecule has 150 valence electrons. The summed E-state index contributed by atoms with van der Waals surface area (Å²) in [6.07, 6.45) is 3.49. The largest absolute Gasteiger partial charge is 0.497 e. The van der Waals surface area contributed by atoms with Crippen molar-refractivity contribution in [2.75, 3.05) is 34.5 Å². The quantitative estimate of drug-likeness (QED) is 0.552. The predicted octanol–water partition coefficient (Wildman–Crippen LogP) is 2.56. The zero-order valence-corrected chi connectivity index (χ0v) is 16.6. The molecule has 2 aliphatic heterocycles. The summed E-state index contributed by atoms with van der Waals surface area (Å²) >= 11 is 0. The lowest BCUT2D eigenvalue weighted by atomic mass is 10.0. The second kappa shape index (κ2) is 8.48. The van der Waals surface area contributed by atoms with Gasteiger partial charge in [-0.15, -0.1) is 0 Å². The highest BCUT2D eigenvalue weighted by molar-refractivity contribution is 6.16. The molecule has 7 nitrogen and oxygen atoms in total. The van der Waals surface area contributed by atoms with Crippen molar-refractivity contribution in [3.63, 3.8) is 0 Å². The van der Waals surface area contributed by atoms with Crippen LogP contribution >= 0.6 is 0 Å². The van der Waals surface area contributed by atoms with Gasteiger partial charge in [-0.3, -0.25) is 4.79 Å². The Morgan fingerprint density at radius 1 is 1.29 bits per heavy atom. The third-order valence-corrected chi connectivity index (χ3v) is 5.05. The van der Waals surface area contributed by atoms with Crippen molar-refractivity contribution in [3.8, 4) is 11.5 Å². The first-order chi connectivity index (χ1) is 13.5. The Hall–Kier alpha value is -2.80. The molecule has 0 aromatic heterocycles. The van der Waals surface area contributed by atoms with E-state index in [1.54, 1.807) is 50.3 Å². The van der Waals surface area contributed by atoms with Crippen molar-refractivity contribution in [2.45, 2.75) is 25.9 Å². The van der Waals surface area contributed by atoms with Crippen LogP contribution in [0, 0.1) is 0 Å². The molecule has 1 fully saturated rings. The van der Waals surface area contributed by atoms with Gasteiger partial charge in [0, 0.05) is 17.9 Å². The molecule has 0 unspecified atom stereocenters. The molecule has 7 heteroatoms. The highest BCUT2D eigenvalue weighted by Crippen LogP contribution is 2.35. The van der Waals surface area contributed by atoms with Crippen LogP contribution in [0.4, 0.5) is 0 Å². The van der Waals surface area contributed by atoms with Crippen molar-refractivity contribution >= 4 is 18.0 Å². The molecule has 1 saturated heterocycles. The number of esters is 1. The second-order valence-corrected chi connectivity index (χ2v) is 6.67. The summed E-state index contributed by atoms with van der Waals surface area (Å²) in [6.45, 7) is 2.86. The molecule has 2 heterocycles. The molecule has 28 heavy (non-hydrogen) atoms. The van der Waals surface area contributed by atoms with E-state index in [2.05, 4.69) is 0 Å². The molecule has 3 rings (SSSR count). The van der Waals surface area contributed by atoms with E-state index in [4.69, 9.17) is 18.9 Å². The van der Waals surface area contributed by atoms with Crippen LogP contribution in [0.1, 0.15) is 25.3 Å². The Morgan fingerprint density at radius 2 is 2.07 bits per heavy atom. The zero-order valence-electron chi connectivity index (χ0n) is 16.6. The van der Waals surface area contributed by atoms with Gasteiger partial charge in [-0.2, -0.15) is 0 Å². The van der Waals surface area contributed by atoms with Crippen LogP contribution in [0.25, 0.3) is 6.08 Å². The summed E-state index contributed by atoms with van der Waals surface area (Å²) in [6, 6.07) is 5.28. The molecular weight excluding hydrogens is 362 g/mol. The van der Waals surface area contributed by atoms with Gasteiger partial charge in [0.05, 0.1) is 45.1 Å². The minimum absolute atomic E-state index is 0.0245. The number of methoxy groups -OCH3 is 3. The number of hydrogen-bond acceptors (Lipinski definition) is 6. The number of allylic oxidation sites excluding steroid dienone is 1. The van der Waals surface area contributed by atoms with Crippen LogP contribution in [0.2, 0.25) is 0 Å². The van der Waals surface area contributed by atoms with E-state index >= 15 is 0 Å². The predicted molar refractivity (Wildman–Crippen MR) is 103 cm³/mol. The van der Waals surface area contributed by atoms with Gasteiger partial charge in [-0.1, -0.05) is 0 Å². The molecule has 0 bridgehead atoms. The topological polar surface area (TPSA) is 74.3 Å². The number of nitrogens with zero attached hydrogens (tertiary/aromatic N) is 1. The molecule has 0 N–H and O–H groups in total. The third kappa shape index (κ3) is 3.75. The lowest BCUT2D eigenvalue weighted by molar-refractivity contribution is -0.136. The molecule has 1 amide bonds. The van der Waals surface area contributed by atoms with Crippen molar-refractivity contribution in [1.82, 2.24) is 4.90 Å². The first-order valence-corrected chi connectivity index (χ1v) is 9.17. The summed E-state index contributed by atoms with van der Waals surface area (Å²) in [5, 5.41) is 0. The number of ether oxygens (including phenoxy) is 4. The smallest absolute Gasteiger partial charge is 0.340 e. The Bertz CT molecular complexity index is 835. The Kier molecular flexibility index (Phi) is 6.04. The highest BCUT2D eigenvalue weighted by atomic mass is 16.5. The molecule has 1 atom stereocenters. The molecule has 1 aromatic carbocycles. The van der Waals surface area contributed by atoms with E-state index < -0.39 is 5.97 Å². The second-order valence-electron chi connectivity index (χ2n) is 6.67. The number of hydrogen-bond donors (Lipinski definition) is 0. The number of carbonyl (C=O) groups excluding carboxylic acids is 2. The maximum absolute atomic E-state index is 13.2. The van der Waals surface area contributed by atoms with Gasteiger partial charge in [0.1, 0.15) is 11.5 Å². The number of carbonyl (C=O) groups is 2. The molecule has 1 aromatic rings. The van der Waals surface area contributed by atoms with Gasteiger partial charge >= 0.3 is 5.97 Å². The van der Waals surface area contributed by atoms with Crippen molar-refractivity contribution in [3.05, 3.63) is 40.6 Å². The number of rotatable bonds is 6. The Balaban J connectivity index is 2.04. The lowest BCUT2D eigenvalue weighted by Crippen LogP contribution is -2.33. The minimum atomic E-state index is -0.547. The van der Waals surface area contributed by atoms with Crippen LogP contribution in [-0.2, 0) is 19.1 Å². The van der Waals surface area contributed by atoms with Gasteiger partial charge in [0.15, 0.2) is 0 Å². The number of amides is 1. The average molecular weight is 387 g/mol. The number of benzene rings is 1. The van der Waals surface area contributed by atoms with Crippen LogP contribution in [0.3, 0.4) is 0 Å². The van der Waals surface area contributed by atoms with Crippen molar-refractivity contribution < 1.29 is 28.5 Å². The molecule has 2 aliphatic rings. The van der Waals surface area contributed by atoms with Gasteiger partial charge in [-0.25, -0.2) is 4.79 Å². The maximum Gasteiger partial charge on any atom is 0.340 e. The van der Waals surface area contributed by atoms with E-state index in [1.807, 2.05) is 0 Å². The van der Waals surface area contributed by atoms with E-state index in [-0.39, 0.29) is 23.2 Å². The standard InChI is InChI=1S/C21H25NO6/c1-13-19(21(24)27-4)17(20(23)22(13)12-16-6-5-9-28-16)11-14-10-15(25-2)7-8-18(14)26-3/h7-8,10-11,16H,5-6,9,12H2,1-4H3/b17-11-/t16-/m1/s1. The van der Waals surface area contributed by atoms with Gasteiger partial charge < -0.3 is 23.8 Å². The SMILES string of the molecule is COC(=O)C1=C(C)N(C[C@H]2CCCO2)C(=O)/C1=C\c1cc(OC)ccc1OC. The maximum atomic E-state index is 13.2. The van der Waals surface area contributed by atoms with Gasteiger partial charge in [0.2, 0.25) is 0 Å². The molecular formula is C21H25NO6. The summed E-state index contributed by atoms with van der Waals surface area (Å²) in [5.74, 6) is 0.391. The summed E-state index contributed by atoms with van der Waals surface area (Å²) < 4.78 is 21.3. The van der Waals surface area contributed by atoms with E-state index in [0.29, 0.717) is 35.9 Å². The molecule has 0 spiro atoms. The summed E-state index contributed by atoms with van der Waals surface area (Å²) in [5.41, 5.74) is 1.74. The van der Waals surface area contributed by atoms with Gasteiger partial charge in [-0.05, 0) is 44.0 Å². The molecule has 0 aliphatic carbocycles. The lowest BCUT2D eigenvalue weighted by Gasteiger charge is -2.21. The van der Waals surface area contributed by atoms with Crippen molar-refractivity contribution in [1.29, 1.82) is 0 Å². The highest BCUT2D eigenvalue weighted by Gasteiger charge is 2.38. The Labute approximate surface area is 164 Å². The fraction of sp³-hybridized carbons (Fsp3) is 0.429. The zero-order chi connectivity index (χ0) is 20.3. The molecule has 0 radical (unpaired) electrons. The van der Waals surface area contributed by atoms with Crippen LogP contribution in [0.15, 0.2) is 35.0 Å². The van der Waals surface area contributed by atoms with Crippen LogP contribution in [-0.4, -0.2) is 57.4 Å².